The van der Waals surface area contributed by atoms with Crippen molar-refractivity contribution in [2.24, 2.45) is 0 Å². The molecule has 1 amide bonds. The molecule has 6 heteroatoms. The van der Waals surface area contributed by atoms with E-state index in [2.05, 4.69) is 26.2 Å². The summed E-state index contributed by atoms with van der Waals surface area (Å²) >= 11 is 4.82. The van der Waals surface area contributed by atoms with E-state index in [0.717, 1.165) is 21.5 Å². The van der Waals surface area contributed by atoms with Crippen LogP contribution >= 0.6 is 27.3 Å². The first-order chi connectivity index (χ1) is 8.60. The fourth-order valence-corrected chi connectivity index (χ4v) is 2.86. The molecule has 0 unspecified atom stereocenters. The molecule has 0 fully saturated rings. The lowest BCUT2D eigenvalue weighted by Gasteiger charge is -1.99. The summed E-state index contributed by atoms with van der Waals surface area (Å²) in [6.45, 7) is 4.27. The van der Waals surface area contributed by atoms with E-state index in [1.807, 2.05) is 19.9 Å². The molecule has 2 rings (SSSR count). The fourth-order valence-electron chi connectivity index (χ4n) is 1.41. The second kappa shape index (κ2) is 5.67. The van der Waals surface area contributed by atoms with Crippen molar-refractivity contribution in [1.29, 1.82) is 0 Å². The highest BCUT2D eigenvalue weighted by Gasteiger charge is 2.12. The summed E-state index contributed by atoms with van der Waals surface area (Å²) in [6.07, 6.45) is 2.49. The molecule has 0 saturated heterocycles. The minimum atomic E-state index is -0.106. The van der Waals surface area contributed by atoms with Crippen LogP contribution in [0.4, 0.5) is 0 Å². The molecule has 0 aliphatic carbocycles. The Hall–Kier alpha value is -1.14. The highest BCUT2D eigenvalue weighted by molar-refractivity contribution is 9.11. The molecular formula is C12H13BrN2O2S. The zero-order chi connectivity index (χ0) is 13.1. The smallest absolute Gasteiger partial charge is 0.261 e. The second-order valence-corrected chi connectivity index (χ2v) is 6.19. The minimum Gasteiger partial charge on any atom is -0.444 e. The SMILES string of the molecule is CCc1cnc(CNC(=O)c2cc(C)c(Br)s2)o1. The van der Waals surface area contributed by atoms with Crippen LogP contribution in [0.2, 0.25) is 0 Å². The number of hydrogen-bond donors (Lipinski definition) is 1. The summed E-state index contributed by atoms with van der Waals surface area (Å²) in [6, 6.07) is 1.86. The van der Waals surface area contributed by atoms with E-state index in [9.17, 15) is 4.79 Å². The van der Waals surface area contributed by atoms with E-state index in [0.29, 0.717) is 17.3 Å². The summed E-state index contributed by atoms with van der Waals surface area (Å²) in [7, 11) is 0. The van der Waals surface area contributed by atoms with Gasteiger partial charge in [0.15, 0.2) is 0 Å². The van der Waals surface area contributed by atoms with Crippen molar-refractivity contribution in [2.75, 3.05) is 0 Å². The average molecular weight is 329 g/mol. The van der Waals surface area contributed by atoms with Crippen molar-refractivity contribution in [3.63, 3.8) is 0 Å². The van der Waals surface area contributed by atoms with Crippen molar-refractivity contribution in [3.05, 3.63) is 38.1 Å². The first kappa shape index (κ1) is 13.3. The fraction of sp³-hybridized carbons (Fsp3) is 0.333. The van der Waals surface area contributed by atoms with E-state index < -0.39 is 0 Å². The Morgan fingerprint density at radius 3 is 2.94 bits per heavy atom. The lowest BCUT2D eigenvalue weighted by atomic mass is 10.3. The van der Waals surface area contributed by atoms with Crippen LogP contribution in [-0.2, 0) is 13.0 Å². The van der Waals surface area contributed by atoms with Gasteiger partial charge in [-0.3, -0.25) is 4.79 Å². The Morgan fingerprint density at radius 1 is 1.61 bits per heavy atom. The van der Waals surface area contributed by atoms with E-state index in [-0.39, 0.29) is 5.91 Å². The molecule has 18 heavy (non-hydrogen) atoms. The third-order valence-corrected chi connectivity index (χ3v) is 4.57. The summed E-state index contributed by atoms with van der Waals surface area (Å²) < 4.78 is 6.40. The molecule has 0 spiro atoms. The van der Waals surface area contributed by atoms with Crippen molar-refractivity contribution >= 4 is 33.2 Å². The maximum Gasteiger partial charge on any atom is 0.261 e. The summed E-state index contributed by atoms with van der Waals surface area (Å²) in [4.78, 5) is 16.6. The molecule has 4 nitrogen and oxygen atoms in total. The monoisotopic (exact) mass is 328 g/mol. The van der Waals surface area contributed by atoms with Crippen LogP contribution in [0.15, 0.2) is 20.5 Å². The Labute approximate surface area is 118 Å². The van der Waals surface area contributed by atoms with Crippen LogP contribution in [0.3, 0.4) is 0 Å². The first-order valence-corrected chi connectivity index (χ1v) is 7.18. The maximum atomic E-state index is 11.9. The van der Waals surface area contributed by atoms with Gasteiger partial charge in [0.2, 0.25) is 5.89 Å². The molecular weight excluding hydrogens is 316 g/mol. The van der Waals surface area contributed by atoms with Crippen molar-refractivity contribution in [1.82, 2.24) is 10.3 Å². The van der Waals surface area contributed by atoms with Crippen LogP contribution in [0.25, 0.3) is 0 Å². The van der Waals surface area contributed by atoms with Gasteiger partial charge < -0.3 is 9.73 Å². The van der Waals surface area contributed by atoms with Gasteiger partial charge in [0.25, 0.3) is 5.91 Å². The standard InChI is InChI=1S/C12H13BrN2O2S/c1-3-8-5-14-10(17-8)6-15-12(16)9-4-7(2)11(13)18-9/h4-5H,3,6H2,1-2H3,(H,15,16). The number of oxazole rings is 1. The Balaban J connectivity index is 1.95. The van der Waals surface area contributed by atoms with E-state index in [4.69, 9.17) is 4.42 Å². The lowest BCUT2D eigenvalue weighted by molar-refractivity contribution is 0.0951. The van der Waals surface area contributed by atoms with Gasteiger partial charge in [0.1, 0.15) is 5.76 Å². The van der Waals surface area contributed by atoms with Crippen molar-refractivity contribution in [2.45, 2.75) is 26.8 Å². The number of carbonyl (C=O) groups excluding carboxylic acids is 1. The molecule has 96 valence electrons. The third kappa shape index (κ3) is 3.00. The van der Waals surface area contributed by atoms with Crippen LogP contribution in [0, 0.1) is 6.92 Å². The number of thiophene rings is 1. The molecule has 1 N–H and O–H groups in total. The number of aryl methyl sites for hydroxylation is 2. The number of aromatic nitrogens is 1. The summed E-state index contributed by atoms with van der Waals surface area (Å²) in [5.74, 6) is 1.26. The normalized spacial score (nSPS) is 10.6. The predicted octanol–water partition coefficient (Wildman–Crippen LogP) is 3.30. The summed E-state index contributed by atoms with van der Waals surface area (Å²) in [5.41, 5.74) is 1.06. The second-order valence-electron chi connectivity index (χ2n) is 3.82. The van der Waals surface area contributed by atoms with Gasteiger partial charge in [-0.2, -0.15) is 0 Å². The third-order valence-electron chi connectivity index (χ3n) is 2.43. The Kier molecular flexibility index (Phi) is 4.19. The minimum absolute atomic E-state index is 0.106. The topological polar surface area (TPSA) is 55.1 Å². The molecule has 0 aromatic carbocycles. The van der Waals surface area contributed by atoms with Crippen LogP contribution in [0.1, 0.15) is 33.8 Å². The van der Waals surface area contributed by atoms with Gasteiger partial charge >= 0.3 is 0 Å². The molecule has 0 saturated carbocycles. The predicted molar refractivity (Wildman–Crippen MR) is 73.8 cm³/mol. The zero-order valence-electron chi connectivity index (χ0n) is 10.1. The van der Waals surface area contributed by atoms with Crippen LogP contribution in [0.5, 0.6) is 0 Å². The number of nitrogens with one attached hydrogen (secondary N) is 1. The molecule has 0 bridgehead atoms. The molecule has 2 aromatic heterocycles. The Bertz CT molecular complexity index is 543. The molecule has 0 aliphatic heterocycles. The van der Waals surface area contributed by atoms with Crippen LogP contribution in [-0.4, -0.2) is 10.9 Å². The van der Waals surface area contributed by atoms with Crippen molar-refractivity contribution in [3.8, 4) is 0 Å². The average Bonchev–Trinajstić information content (AvgIpc) is 2.94. The van der Waals surface area contributed by atoms with Gasteiger partial charge in [0, 0.05) is 6.42 Å². The summed E-state index contributed by atoms with van der Waals surface area (Å²) in [5, 5.41) is 2.79. The van der Waals surface area contributed by atoms with Crippen LogP contribution < -0.4 is 5.32 Å². The molecule has 2 aromatic rings. The van der Waals surface area contributed by atoms with E-state index in [1.165, 1.54) is 11.3 Å². The quantitative estimate of drug-likeness (QED) is 0.936. The van der Waals surface area contributed by atoms with Gasteiger partial charge in [-0.05, 0) is 34.5 Å². The number of rotatable bonds is 4. The molecule has 0 atom stereocenters. The van der Waals surface area contributed by atoms with Gasteiger partial charge in [0.05, 0.1) is 21.4 Å². The highest BCUT2D eigenvalue weighted by Crippen LogP contribution is 2.27. The van der Waals surface area contributed by atoms with Crippen molar-refractivity contribution < 1.29 is 9.21 Å². The molecule has 0 aliphatic rings. The molecule has 0 radical (unpaired) electrons. The number of hydrogen-bond acceptors (Lipinski definition) is 4. The maximum absolute atomic E-state index is 11.9. The molecule has 2 heterocycles. The number of amides is 1. The largest absolute Gasteiger partial charge is 0.444 e. The first-order valence-electron chi connectivity index (χ1n) is 5.58. The van der Waals surface area contributed by atoms with Gasteiger partial charge in [-0.25, -0.2) is 4.98 Å². The number of nitrogens with zero attached hydrogens (tertiary/aromatic N) is 1. The van der Waals surface area contributed by atoms with E-state index >= 15 is 0 Å². The lowest BCUT2D eigenvalue weighted by Crippen LogP contribution is -2.21. The van der Waals surface area contributed by atoms with Gasteiger partial charge in [-0.15, -0.1) is 11.3 Å². The number of carbonyl (C=O) groups is 1. The number of halogens is 1. The van der Waals surface area contributed by atoms with Gasteiger partial charge in [-0.1, -0.05) is 6.92 Å². The Morgan fingerprint density at radius 2 is 2.39 bits per heavy atom. The zero-order valence-corrected chi connectivity index (χ0v) is 12.5. The van der Waals surface area contributed by atoms with E-state index in [1.54, 1.807) is 6.20 Å². The highest BCUT2D eigenvalue weighted by atomic mass is 79.9.